The van der Waals surface area contributed by atoms with Crippen molar-refractivity contribution in [2.45, 2.75) is 27.3 Å². The number of aryl methyl sites for hydroxylation is 3. The van der Waals surface area contributed by atoms with E-state index in [0.717, 1.165) is 11.3 Å². The number of carbonyl (C=O) groups excluding carboxylic acids is 1. The van der Waals surface area contributed by atoms with Gasteiger partial charge in [0, 0.05) is 24.5 Å². The van der Waals surface area contributed by atoms with Crippen LogP contribution in [0.4, 0.5) is 0 Å². The molecule has 17 heavy (non-hydrogen) atoms. The van der Waals surface area contributed by atoms with Gasteiger partial charge in [-0.15, -0.1) is 0 Å². The number of rotatable bonds is 3. The highest BCUT2D eigenvalue weighted by molar-refractivity contribution is 6.08. The van der Waals surface area contributed by atoms with Gasteiger partial charge in [0.1, 0.15) is 5.69 Å². The number of nitrogens with zero attached hydrogens (tertiary/aromatic N) is 3. The Kier molecular flexibility index (Phi) is 3.04. The molecule has 2 rings (SSSR count). The largest absolute Gasteiger partial charge is 0.287 e. The van der Waals surface area contributed by atoms with Gasteiger partial charge in [-0.05, 0) is 38.5 Å². The Hall–Kier alpha value is -1.97. The van der Waals surface area contributed by atoms with Crippen molar-refractivity contribution >= 4 is 5.78 Å². The molecule has 0 radical (unpaired) electrons. The van der Waals surface area contributed by atoms with Crippen LogP contribution in [-0.2, 0) is 6.54 Å². The number of hydrogen-bond acceptors (Lipinski definition) is 3. The maximum atomic E-state index is 12.4. The van der Waals surface area contributed by atoms with Crippen LogP contribution in [0.3, 0.4) is 0 Å². The van der Waals surface area contributed by atoms with E-state index in [1.165, 1.54) is 0 Å². The first-order valence-electron chi connectivity index (χ1n) is 5.63. The van der Waals surface area contributed by atoms with Crippen LogP contribution < -0.4 is 0 Å². The third-order valence-electron chi connectivity index (χ3n) is 2.72. The van der Waals surface area contributed by atoms with Crippen molar-refractivity contribution in [3.8, 4) is 0 Å². The van der Waals surface area contributed by atoms with Crippen LogP contribution in [0, 0.1) is 13.8 Å². The molecule has 0 atom stereocenters. The second kappa shape index (κ2) is 4.49. The van der Waals surface area contributed by atoms with E-state index in [9.17, 15) is 4.79 Å². The zero-order chi connectivity index (χ0) is 12.4. The van der Waals surface area contributed by atoms with E-state index in [2.05, 4.69) is 10.1 Å². The maximum Gasteiger partial charge on any atom is 0.212 e. The highest BCUT2D eigenvalue weighted by Gasteiger charge is 2.16. The molecular weight excluding hydrogens is 214 g/mol. The molecule has 0 N–H and O–H groups in total. The van der Waals surface area contributed by atoms with E-state index in [4.69, 9.17) is 0 Å². The third-order valence-corrected chi connectivity index (χ3v) is 2.72. The summed E-state index contributed by atoms with van der Waals surface area (Å²) in [7, 11) is 0. The Bertz CT molecular complexity index is 558. The lowest BCUT2D eigenvalue weighted by atomic mass is 10.1. The first-order chi connectivity index (χ1) is 8.13. The minimum atomic E-state index is -0.0157. The predicted molar refractivity (Wildman–Crippen MR) is 65.0 cm³/mol. The Morgan fingerprint density at radius 3 is 2.82 bits per heavy atom. The highest BCUT2D eigenvalue weighted by atomic mass is 16.1. The molecule has 0 fully saturated rings. The van der Waals surface area contributed by atoms with Crippen molar-refractivity contribution in [1.29, 1.82) is 0 Å². The molecule has 0 saturated heterocycles. The maximum absolute atomic E-state index is 12.4. The lowest BCUT2D eigenvalue weighted by Gasteiger charge is -2.05. The van der Waals surface area contributed by atoms with E-state index in [-0.39, 0.29) is 5.78 Å². The van der Waals surface area contributed by atoms with Gasteiger partial charge in [0.05, 0.1) is 5.69 Å². The number of aromatic nitrogens is 3. The van der Waals surface area contributed by atoms with Gasteiger partial charge in [0.15, 0.2) is 0 Å². The molecule has 0 aliphatic heterocycles. The Labute approximate surface area is 100 Å². The average molecular weight is 229 g/mol. The Morgan fingerprint density at radius 1 is 1.41 bits per heavy atom. The number of carbonyl (C=O) groups is 1. The summed E-state index contributed by atoms with van der Waals surface area (Å²) in [5, 5.41) is 4.28. The molecule has 0 aliphatic rings. The lowest BCUT2D eigenvalue weighted by Crippen LogP contribution is -2.11. The standard InChI is InChI=1S/C13H15N3O/c1-4-16-12(7-10(3)15-16)13(17)11-8-14-6-5-9(11)2/h5-8H,4H2,1-3H3. The van der Waals surface area contributed by atoms with Crippen LogP contribution >= 0.6 is 0 Å². The van der Waals surface area contributed by atoms with Gasteiger partial charge in [0.2, 0.25) is 5.78 Å². The van der Waals surface area contributed by atoms with E-state index >= 15 is 0 Å². The first kappa shape index (κ1) is 11.5. The molecule has 0 amide bonds. The molecule has 0 aromatic carbocycles. The van der Waals surface area contributed by atoms with Gasteiger partial charge in [-0.25, -0.2) is 0 Å². The molecule has 2 aromatic rings. The molecule has 2 aromatic heterocycles. The summed E-state index contributed by atoms with van der Waals surface area (Å²) in [6, 6.07) is 3.66. The number of hydrogen-bond donors (Lipinski definition) is 0. The van der Waals surface area contributed by atoms with E-state index in [1.807, 2.05) is 32.9 Å². The molecule has 2 heterocycles. The molecule has 0 unspecified atom stereocenters. The second-order valence-corrected chi connectivity index (χ2v) is 4.01. The summed E-state index contributed by atoms with van der Waals surface area (Å²) < 4.78 is 1.73. The molecule has 0 saturated carbocycles. The van der Waals surface area contributed by atoms with Crippen LogP contribution in [-0.4, -0.2) is 20.5 Å². The zero-order valence-electron chi connectivity index (χ0n) is 10.3. The fourth-order valence-corrected chi connectivity index (χ4v) is 1.81. The highest BCUT2D eigenvalue weighted by Crippen LogP contribution is 2.13. The molecule has 4 nitrogen and oxygen atoms in total. The molecule has 88 valence electrons. The molecular formula is C13H15N3O. The van der Waals surface area contributed by atoms with Crippen LogP contribution in [0.5, 0.6) is 0 Å². The summed E-state index contributed by atoms with van der Waals surface area (Å²) in [5.41, 5.74) is 3.06. The van der Waals surface area contributed by atoms with E-state index in [1.54, 1.807) is 17.1 Å². The molecule has 0 aliphatic carbocycles. The predicted octanol–water partition coefficient (Wildman–Crippen LogP) is 2.15. The minimum absolute atomic E-state index is 0.0157. The van der Waals surface area contributed by atoms with Crippen molar-refractivity contribution in [1.82, 2.24) is 14.8 Å². The van der Waals surface area contributed by atoms with Gasteiger partial charge in [-0.3, -0.25) is 14.5 Å². The summed E-state index contributed by atoms with van der Waals surface area (Å²) in [6.07, 6.45) is 3.30. The van der Waals surface area contributed by atoms with E-state index < -0.39 is 0 Å². The number of pyridine rings is 1. The van der Waals surface area contributed by atoms with Crippen LogP contribution in [0.2, 0.25) is 0 Å². The van der Waals surface area contributed by atoms with Crippen molar-refractivity contribution in [3.63, 3.8) is 0 Å². The Morgan fingerprint density at radius 2 is 2.18 bits per heavy atom. The quantitative estimate of drug-likeness (QED) is 0.758. The van der Waals surface area contributed by atoms with Gasteiger partial charge in [0.25, 0.3) is 0 Å². The van der Waals surface area contributed by atoms with Crippen molar-refractivity contribution in [2.24, 2.45) is 0 Å². The fraction of sp³-hybridized carbons (Fsp3) is 0.308. The van der Waals surface area contributed by atoms with Crippen LogP contribution in [0.15, 0.2) is 24.5 Å². The van der Waals surface area contributed by atoms with Crippen molar-refractivity contribution in [3.05, 3.63) is 47.0 Å². The summed E-state index contributed by atoms with van der Waals surface area (Å²) in [4.78, 5) is 16.4. The zero-order valence-corrected chi connectivity index (χ0v) is 10.3. The molecule has 4 heteroatoms. The van der Waals surface area contributed by atoms with Crippen LogP contribution in [0.25, 0.3) is 0 Å². The lowest BCUT2D eigenvalue weighted by molar-refractivity contribution is 0.102. The summed E-state index contributed by atoms with van der Waals surface area (Å²) in [5.74, 6) is -0.0157. The molecule has 0 spiro atoms. The topological polar surface area (TPSA) is 47.8 Å². The van der Waals surface area contributed by atoms with Gasteiger partial charge >= 0.3 is 0 Å². The average Bonchev–Trinajstić information content (AvgIpc) is 2.70. The van der Waals surface area contributed by atoms with Crippen molar-refractivity contribution < 1.29 is 4.79 Å². The smallest absolute Gasteiger partial charge is 0.212 e. The monoisotopic (exact) mass is 229 g/mol. The second-order valence-electron chi connectivity index (χ2n) is 4.01. The SMILES string of the molecule is CCn1nc(C)cc1C(=O)c1cnccc1C. The summed E-state index contributed by atoms with van der Waals surface area (Å²) in [6.45, 7) is 6.46. The van der Waals surface area contributed by atoms with Gasteiger partial charge in [-0.1, -0.05) is 0 Å². The first-order valence-corrected chi connectivity index (χ1v) is 5.63. The third kappa shape index (κ3) is 2.11. The van der Waals surface area contributed by atoms with Gasteiger partial charge < -0.3 is 0 Å². The minimum Gasteiger partial charge on any atom is -0.287 e. The van der Waals surface area contributed by atoms with Crippen LogP contribution in [0.1, 0.15) is 34.2 Å². The number of ketones is 1. The van der Waals surface area contributed by atoms with Gasteiger partial charge in [-0.2, -0.15) is 5.10 Å². The van der Waals surface area contributed by atoms with Crippen molar-refractivity contribution in [2.75, 3.05) is 0 Å². The molecule has 0 bridgehead atoms. The van der Waals surface area contributed by atoms with E-state index in [0.29, 0.717) is 17.8 Å². The fourth-order valence-electron chi connectivity index (χ4n) is 1.81. The summed E-state index contributed by atoms with van der Waals surface area (Å²) >= 11 is 0. The normalized spacial score (nSPS) is 10.5. The Balaban J connectivity index is 2.47.